The number of aliphatic imine (C=N–C) groups is 1. The lowest BCUT2D eigenvalue weighted by atomic mass is 9.98. The average Bonchev–Trinajstić information content (AvgIpc) is 2.82. The van der Waals surface area contributed by atoms with Crippen molar-refractivity contribution < 1.29 is 0 Å². The summed E-state index contributed by atoms with van der Waals surface area (Å²) in [5.74, 6) is 0. The van der Waals surface area contributed by atoms with Gasteiger partial charge in [0, 0.05) is 5.56 Å². The lowest BCUT2D eigenvalue weighted by Crippen LogP contribution is -2.02. The molecule has 3 aromatic carbocycles. The van der Waals surface area contributed by atoms with Crippen molar-refractivity contribution in [2.24, 2.45) is 4.99 Å². The van der Waals surface area contributed by atoms with Crippen molar-refractivity contribution in [1.82, 2.24) is 0 Å². The van der Waals surface area contributed by atoms with Crippen molar-refractivity contribution in [2.45, 2.75) is 13.3 Å². The third kappa shape index (κ3) is 2.81. The number of nitrogens with zero attached hydrogens (tertiary/aromatic N) is 1. The molecule has 0 atom stereocenters. The van der Waals surface area contributed by atoms with Crippen LogP contribution in [0.5, 0.6) is 0 Å². The van der Waals surface area contributed by atoms with Crippen LogP contribution in [0.1, 0.15) is 18.1 Å². The molecule has 116 valence electrons. The molecule has 0 aromatic heterocycles. The molecule has 1 nitrogen and oxygen atoms in total. The molecule has 0 N–H and O–H groups in total. The summed E-state index contributed by atoms with van der Waals surface area (Å²) >= 11 is 0. The first-order valence-corrected chi connectivity index (χ1v) is 8.31. The molecule has 0 radical (unpaired) electrons. The van der Waals surface area contributed by atoms with E-state index in [1.54, 1.807) is 0 Å². The van der Waals surface area contributed by atoms with Gasteiger partial charge in [-0.2, -0.15) is 0 Å². The van der Waals surface area contributed by atoms with Gasteiger partial charge in [-0.15, -0.1) is 0 Å². The van der Waals surface area contributed by atoms with Gasteiger partial charge in [-0.05, 0) is 47.7 Å². The first-order chi connectivity index (χ1) is 11.8. The minimum Gasteiger partial charge on any atom is -0.248 e. The first kappa shape index (κ1) is 14.6. The second-order valence-electron chi connectivity index (χ2n) is 6.13. The average molecular weight is 309 g/mol. The van der Waals surface area contributed by atoms with Gasteiger partial charge in [-0.3, -0.25) is 0 Å². The highest BCUT2D eigenvalue weighted by Gasteiger charge is 2.12. The number of allylic oxidation sites excluding steroid dienone is 2. The predicted octanol–water partition coefficient (Wildman–Crippen LogP) is 5.98. The second kappa shape index (κ2) is 6.29. The Balaban J connectivity index is 1.82. The van der Waals surface area contributed by atoms with E-state index in [4.69, 9.17) is 4.99 Å². The molecule has 1 heteroatoms. The van der Waals surface area contributed by atoms with Gasteiger partial charge in [-0.25, -0.2) is 4.99 Å². The van der Waals surface area contributed by atoms with Gasteiger partial charge in [-0.1, -0.05) is 72.8 Å². The lowest BCUT2D eigenvalue weighted by Gasteiger charge is -2.09. The van der Waals surface area contributed by atoms with Crippen LogP contribution in [0.2, 0.25) is 0 Å². The van der Waals surface area contributed by atoms with Gasteiger partial charge in [0.15, 0.2) is 0 Å². The van der Waals surface area contributed by atoms with E-state index < -0.39 is 0 Å². The highest BCUT2D eigenvalue weighted by molar-refractivity contribution is 6.14. The smallest absolute Gasteiger partial charge is 0.0735 e. The number of benzene rings is 3. The monoisotopic (exact) mass is 309 g/mol. The van der Waals surface area contributed by atoms with Gasteiger partial charge in [0.1, 0.15) is 0 Å². The first-order valence-electron chi connectivity index (χ1n) is 8.31. The van der Waals surface area contributed by atoms with Crippen LogP contribution in [0.15, 0.2) is 95.5 Å². The van der Waals surface area contributed by atoms with Crippen molar-refractivity contribution in [3.63, 3.8) is 0 Å². The summed E-state index contributed by atoms with van der Waals surface area (Å²) in [7, 11) is 0. The summed E-state index contributed by atoms with van der Waals surface area (Å²) in [6.07, 6.45) is 3.22. The normalized spacial score (nSPS) is 13.5. The lowest BCUT2D eigenvalue weighted by molar-refractivity contribution is 1.26. The Labute approximate surface area is 143 Å². The van der Waals surface area contributed by atoms with Gasteiger partial charge >= 0.3 is 0 Å². The molecule has 1 aliphatic rings. The van der Waals surface area contributed by atoms with Crippen LogP contribution in [0.4, 0.5) is 5.69 Å². The van der Waals surface area contributed by atoms with Crippen LogP contribution in [0.3, 0.4) is 0 Å². The molecule has 0 saturated heterocycles. The summed E-state index contributed by atoms with van der Waals surface area (Å²) in [5, 5.41) is 0. The zero-order valence-electron chi connectivity index (χ0n) is 13.7. The van der Waals surface area contributed by atoms with Gasteiger partial charge in [0.25, 0.3) is 0 Å². The third-order valence-corrected chi connectivity index (χ3v) is 4.47. The SMILES string of the molecule is CC1=CCc2ccccc2N=C1c1cccc(-c2ccccc2)c1. The Morgan fingerprint density at radius 1 is 0.708 bits per heavy atom. The fourth-order valence-corrected chi connectivity index (χ4v) is 3.13. The van der Waals surface area contributed by atoms with E-state index in [-0.39, 0.29) is 0 Å². The Bertz CT molecular complexity index is 933. The summed E-state index contributed by atoms with van der Waals surface area (Å²) in [6, 6.07) is 27.5. The molecule has 0 bridgehead atoms. The van der Waals surface area contributed by atoms with E-state index in [2.05, 4.69) is 85.8 Å². The quantitative estimate of drug-likeness (QED) is 0.552. The number of hydrogen-bond acceptors (Lipinski definition) is 1. The molecule has 0 amide bonds. The fourth-order valence-electron chi connectivity index (χ4n) is 3.13. The molecule has 0 saturated carbocycles. The van der Waals surface area contributed by atoms with Crippen molar-refractivity contribution in [3.05, 3.63) is 102 Å². The molecule has 4 rings (SSSR count). The maximum Gasteiger partial charge on any atom is 0.0735 e. The van der Waals surface area contributed by atoms with Crippen LogP contribution < -0.4 is 0 Å². The number of para-hydroxylation sites is 1. The minimum atomic E-state index is 0.938. The van der Waals surface area contributed by atoms with Gasteiger partial charge in [0.2, 0.25) is 0 Å². The van der Waals surface area contributed by atoms with E-state index in [1.807, 2.05) is 6.07 Å². The number of fused-ring (bicyclic) bond motifs is 1. The maximum atomic E-state index is 4.97. The van der Waals surface area contributed by atoms with Gasteiger partial charge < -0.3 is 0 Å². The summed E-state index contributed by atoms with van der Waals surface area (Å²) in [6.45, 7) is 2.15. The van der Waals surface area contributed by atoms with E-state index in [0.29, 0.717) is 0 Å². The van der Waals surface area contributed by atoms with Crippen molar-refractivity contribution in [2.75, 3.05) is 0 Å². The van der Waals surface area contributed by atoms with Gasteiger partial charge in [0.05, 0.1) is 11.4 Å². The fraction of sp³-hybridized carbons (Fsp3) is 0.0870. The molecule has 3 aromatic rings. The zero-order chi connectivity index (χ0) is 16.4. The molecule has 0 unspecified atom stereocenters. The van der Waals surface area contributed by atoms with E-state index in [1.165, 1.54) is 27.8 Å². The molecule has 1 aliphatic heterocycles. The largest absolute Gasteiger partial charge is 0.248 e. The molecular weight excluding hydrogens is 290 g/mol. The zero-order valence-corrected chi connectivity index (χ0v) is 13.7. The molecule has 0 aliphatic carbocycles. The third-order valence-electron chi connectivity index (χ3n) is 4.47. The van der Waals surface area contributed by atoms with E-state index in [0.717, 1.165) is 17.8 Å². The summed E-state index contributed by atoms with van der Waals surface area (Å²) in [4.78, 5) is 4.97. The van der Waals surface area contributed by atoms with Crippen LogP contribution in [0, 0.1) is 0 Å². The molecule has 24 heavy (non-hydrogen) atoms. The summed E-state index contributed by atoms with van der Waals surface area (Å²) in [5.41, 5.74) is 8.28. The predicted molar refractivity (Wildman–Crippen MR) is 102 cm³/mol. The van der Waals surface area contributed by atoms with Crippen LogP contribution in [-0.2, 0) is 6.42 Å². The Kier molecular flexibility index (Phi) is 3.84. The topological polar surface area (TPSA) is 12.4 Å². The maximum absolute atomic E-state index is 4.97. The van der Waals surface area contributed by atoms with Crippen molar-refractivity contribution >= 4 is 11.4 Å². The van der Waals surface area contributed by atoms with E-state index >= 15 is 0 Å². The molecular formula is C23H19N. The molecule has 0 fully saturated rings. The van der Waals surface area contributed by atoms with Crippen LogP contribution in [-0.4, -0.2) is 5.71 Å². The standard InChI is InChI=1S/C23H19N/c1-17-14-15-19-10-5-6-13-22(19)24-23(17)21-12-7-11-20(16-21)18-8-3-2-4-9-18/h2-14,16H,15H2,1H3. The molecule has 1 heterocycles. The van der Waals surface area contributed by atoms with Crippen molar-refractivity contribution in [3.8, 4) is 11.1 Å². The molecule has 0 spiro atoms. The summed E-state index contributed by atoms with van der Waals surface area (Å²) < 4.78 is 0. The Morgan fingerprint density at radius 2 is 1.42 bits per heavy atom. The second-order valence-corrected chi connectivity index (χ2v) is 6.13. The highest BCUT2D eigenvalue weighted by Crippen LogP contribution is 2.28. The Morgan fingerprint density at radius 3 is 2.29 bits per heavy atom. The van der Waals surface area contributed by atoms with Crippen LogP contribution in [0.25, 0.3) is 11.1 Å². The minimum absolute atomic E-state index is 0.938. The van der Waals surface area contributed by atoms with E-state index in [9.17, 15) is 0 Å². The number of hydrogen-bond donors (Lipinski definition) is 0. The number of rotatable bonds is 2. The van der Waals surface area contributed by atoms with Crippen molar-refractivity contribution in [1.29, 1.82) is 0 Å². The Hall–Kier alpha value is -2.93. The highest BCUT2D eigenvalue weighted by atomic mass is 14.8. The van der Waals surface area contributed by atoms with Crippen LogP contribution >= 0.6 is 0 Å².